The first-order valence-corrected chi connectivity index (χ1v) is 6.47. The lowest BCUT2D eigenvalue weighted by Crippen LogP contribution is -2.50. The van der Waals surface area contributed by atoms with E-state index in [-0.39, 0.29) is 5.92 Å². The molecule has 0 aromatic carbocycles. The fraction of sp³-hybridized carbons (Fsp3) is 1.00. The van der Waals surface area contributed by atoms with Gasteiger partial charge in [-0.05, 0) is 30.6 Å². The lowest BCUT2D eigenvalue weighted by molar-refractivity contribution is -0.0697. The average Bonchev–Trinajstić information content (AvgIpc) is 2.27. The second kappa shape index (κ2) is 5.31. The van der Waals surface area contributed by atoms with Gasteiger partial charge >= 0.3 is 0 Å². The summed E-state index contributed by atoms with van der Waals surface area (Å²) in [5.74, 6) is 1.49. The van der Waals surface area contributed by atoms with E-state index in [2.05, 4.69) is 20.8 Å². The summed E-state index contributed by atoms with van der Waals surface area (Å²) >= 11 is 0. The van der Waals surface area contributed by atoms with Gasteiger partial charge in [-0.3, -0.25) is 0 Å². The van der Waals surface area contributed by atoms with Gasteiger partial charge in [0, 0.05) is 6.54 Å². The highest BCUT2D eigenvalue weighted by Crippen LogP contribution is 2.39. The topological polar surface area (TPSA) is 46.2 Å². The highest BCUT2D eigenvalue weighted by atomic mass is 16.3. The molecule has 0 radical (unpaired) electrons. The number of rotatable bonds is 4. The van der Waals surface area contributed by atoms with Gasteiger partial charge in [0.2, 0.25) is 0 Å². The SMILES string of the molecule is CCC1CCCC(C(O)(CN)C(C)C)C1. The fourth-order valence-corrected chi connectivity index (χ4v) is 2.99. The lowest BCUT2D eigenvalue weighted by Gasteiger charge is -2.43. The van der Waals surface area contributed by atoms with Crippen LogP contribution in [0.4, 0.5) is 0 Å². The first-order chi connectivity index (χ1) is 7.04. The zero-order valence-electron chi connectivity index (χ0n) is 10.5. The Labute approximate surface area is 94.2 Å². The summed E-state index contributed by atoms with van der Waals surface area (Å²) in [7, 11) is 0. The monoisotopic (exact) mass is 213 g/mol. The van der Waals surface area contributed by atoms with E-state index in [1.54, 1.807) is 0 Å². The van der Waals surface area contributed by atoms with Crippen molar-refractivity contribution < 1.29 is 5.11 Å². The number of nitrogens with two attached hydrogens (primary N) is 1. The quantitative estimate of drug-likeness (QED) is 0.754. The zero-order valence-corrected chi connectivity index (χ0v) is 10.5. The molecule has 3 atom stereocenters. The molecule has 1 rings (SSSR count). The van der Waals surface area contributed by atoms with Crippen molar-refractivity contribution in [3.05, 3.63) is 0 Å². The van der Waals surface area contributed by atoms with Crippen molar-refractivity contribution in [2.45, 2.75) is 58.5 Å². The highest BCUT2D eigenvalue weighted by Gasteiger charge is 2.40. The van der Waals surface area contributed by atoms with Gasteiger partial charge in [0.1, 0.15) is 0 Å². The third kappa shape index (κ3) is 2.73. The summed E-state index contributed by atoms with van der Waals surface area (Å²) in [6, 6.07) is 0. The van der Waals surface area contributed by atoms with E-state index in [1.807, 2.05) is 0 Å². The largest absolute Gasteiger partial charge is 0.388 e. The maximum absolute atomic E-state index is 10.6. The minimum Gasteiger partial charge on any atom is -0.388 e. The van der Waals surface area contributed by atoms with E-state index in [0.717, 1.165) is 12.3 Å². The van der Waals surface area contributed by atoms with Crippen LogP contribution in [0.2, 0.25) is 0 Å². The van der Waals surface area contributed by atoms with E-state index >= 15 is 0 Å². The predicted octanol–water partition coefficient (Wildman–Crippen LogP) is 2.55. The molecule has 1 aliphatic rings. The van der Waals surface area contributed by atoms with Crippen molar-refractivity contribution in [3.8, 4) is 0 Å². The van der Waals surface area contributed by atoms with Gasteiger partial charge < -0.3 is 10.8 Å². The van der Waals surface area contributed by atoms with E-state index in [0.29, 0.717) is 12.5 Å². The van der Waals surface area contributed by atoms with E-state index < -0.39 is 5.60 Å². The van der Waals surface area contributed by atoms with E-state index in [1.165, 1.54) is 25.7 Å². The standard InChI is InChI=1S/C13H27NO/c1-4-11-6-5-7-12(8-11)13(15,9-14)10(2)3/h10-12,15H,4-9,14H2,1-3H3. The molecule has 0 aromatic rings. The van der Waals surface area contributed by atoms with Crippen molar-refractivity contribution in [2.75, 3.05) is 6.54 Å². The maximum atomic E-state index is 10.6. The van der Waals surface area contributed by atoms with Gasteiger partial charge in [-0.2, -0.15) is 0 Å². The summed E-state index contributed by atoms with van der Waals surface area (Å²) in [5, 5.41) is 10.6. The Morgan fingerprint density at radius 1 is 1.40 bits per heavy atom. The molecule has 0 bridgehead atoms. The summed E-state index contributed by atoms with van der Waals surface area (Å²) in [6.07, 6.45) is 6.17. The van der Waals surface area contributed by atoms with Crippen molar-refractivity contribution >= 4 is 0 Å². The van der Waals surface area contributed by atoms with Gasteiger partial charge in [0.05, 0.1) is 5.60 Å². The summed E-state index contributed by atoms with van der Waals surface area (Å²) < 4.78 is 0. The molecule has 15 heavy (non-hydrogen) atoms. The molecule has 2 heteroatoms. The predicted molar refractivity (Wildman–Crippen MR) is 64.6 cm³/mol. The summed E-state index contributed by atoms with van der Waals surface area (Å²) in [4.78, 5) is 0. The summed E-state index contributed by atoms with van der Waals surface area (Å²) in [5.41, 5.74) is 5.14. The molecule has 0 amide bonds. The second-order valence-corrected chi connectivity index (χ2v) is 5.49. The Hall–Kier alpha value is -0.0800. The molecule has 0 aromatic heterocycles. The first-order valence-electron chi connectivity index (χ1n) is 6.47. The van der Waals surface area contributed by atoms with Crippen LogP contribution in [-0.2, 0) is 0 Å². The van der Waals surface area contributed by atoms with E-state index in [9.17, 15) is 5.11 Å². The number of hydrogen-bond donors (Lipinski definition) is 2. The van der Waals surface area contributed by atoms with Crippen molar-refractivity contribution in [1.29, 1.82) is 0 Å². The Morgan fingerprint density at radius 3 is 2.53 bits per heavy atom. The molecule has 0 aliphatic heterocycles. The molecule has 1 fully saturated rings. The molecule has 2 nitrogen and oxygen atoms in total. The maximum Gasteiger partial charge on any atom is 0.0820 e. The van der Waals surface area contributed by atoms with Gasteiger partial charge in [-0.1, -0.05) is 40.0 Å². The molecule has 0 saturated heterocycles. The fourth-order valence-electron chi connectivity index (χ4n) is 2.99. The van der Waals surface area contributed by atoms with Crippen LogP contribution in [0.5, 0.6) is 0 Å². The lowest BCUT2D eigenvalue weighted by atomic mass is 9.68. The van der Waals surface area contributed by atoms with Gasteiger partial charge in [0.15, 0.2) is 0 Å². The van der Waals surface area contributed by atoms with Crippen LogP contribution >= 0.6 is 0 Å². The van der Waals surface area contributed by atoms with Crippen LogP contribution in [0.25, 0.3) is 0 Å². The van der Waals surface area contributed by atoms with Crippen LogP contribution in [0, 0.1) is 17.8 Å². The van der Waals surface area contributed by atoms with Crippen LogP contribution in [0.15, 0.2) is 0 Å². The molecule has 0 heterocycles. The minimum atomic E-state index is -0.631. The number of hydrogen-bond acceptors (Lipinski definition) is 2. The molecule has 90 valence electrons. The van der Waals surface area contributed by atoms with Gasteiger partial charge in [0.25, 0.3) is 0 Å². The minimum absolute atomic E-state index is 0.267. The Balaban J connectivity index is 2.67. The van der Waals surface area contributed by atoms with Crippen molar-refractivity contribution in [1.82, 2.24) is 0 Å². The van der Waals surface area contributed by atoms with E-state index in [4.69, 9.17) is 5.73 Å². The normalized spacial score (nSPS) is 31.6. The zero-order chi connectivity index (χ0) is 11.5. The van der Waals surface area contributed by atoms with Crippen molar-refractivity contribution in [3.63, 3.8) is 0 Å². The highest BCUT2D eigenvalue weighted by molar-refractivity contribution is 4.92. The molecule has 3 unspecified atom stereocenters. The third-order valence-electron chi connectivity index (χ3n) is 4.39. The van der Waals surface area contributed by atoms with Gasteiger partial charge in [-0.15, -0.1) is 0 Å². The van der Waals surface area contributed by atoms with Crippen LogP contribution < -0.4 is 5.73 Å². The summed E-state index contributed by atoms with van der Waals surface area (Å²) in [6.45, 7) is 6.83. The second-order valence-electron chi connectivity index (χ2n) is 5.49. The van der Waals surface area contributed by atoms with Gasteiger partial charge in [-0.25, -0.2) is 0 Å². The average molecular weight is 213 g/mol. The molecule has 1 saturated carbocycles. The molecular formula is C13H27NO. The van der Waals surface area contributed by atoms with Crippen LogP contribution in [0.3, 0.4) is 0 Å². The first kappa shape index (κ1) is 13.0. The Morgan fingerprint density at radius 2 is 2.07 bits per heavy atom. The smallest absolute Gasteiger partial charge is 0.0820 e. The molecule has 1 aliphatic carbocycles. The van der Waals surface area contributed by atoms with Crippen molar-refractivity contribution in [2.24, 2.45) is 23.5 Å². The van der Waals surface area contributed by atoms with Crippen LogP contribution in [-0.4, -0.2) is 17.3 Å². The third-order valence-corrected chi connectivity index (χ3v) is 4.39. The molecule has 3 N–H and O–H groups in total. The molecular weight excluding hydrogens is 186 g/mol. The van der Waals surface area contributed by atoms with Crippen LogP contribution in [0.1, 0.15) is 52.9 Å². The molecule has 0 spiro atoms. The Bertz CT molecular complexity index is 193. The Kier molecular flexibility index (Phi) is 4.60. The number of aliphatic hydroxyl groups is 1.